The van der Waals surface area contributed by atoms with E-state index in [0.717, 1.165) is 12.4 Å². The quantitative estimate of drug-likeness (QED) is 0.0399. The zero-order valence-electron chi connectivity index (χ0n) is 35.4. The summed E-state index contributed by atoms with van der Waals surface area (Å²) in [5.41, 5.74) is 16.5. The highest BCUT2D eigenvalue weighted by Crippen LogP contribution is 2.36. The number of primary amides is 2. The van der Waals surface area contributed by atoms with Crippen molar-refractivity contribution < 1.29 is 55.0 Å². The minimum Gasteiger partial charge on any atom is -0.432 e. The minimum absolute atomic E-state index is 0.00372. The molecule has 6 aromatic rings. The number of carbonyl (C=O) groups is 4. The molecule has 4 heterocycles. The van der Waals surface area contributed by atoms with Gasteiger partial charge < -0.3 is 53.3 Å². The van der Waals surface area contributed by atoms with Crippen molar-refractivity contribution in [3.63, 3.8) is 0 Å². The number of amides is 4. The third kappa shape index (κ3) is 14.3. The van der Waals surface area contributed by atoms with Crippen molar-refractivity contribution in [3.05, 3.63) is 136 Å². The van der Waals surface area contributed by atoms with Crippen LogP contribution in [-0.4, -0.2) is 70.9 Å². The topological polar surface area (TPSA) is 277 Å². The summed E-state index contributed by atoms with van der Waals surface area (Å²) in [6.45, 7) is -3.20. The van der Waals surface area contributed by atoms with Crippen LogP contribution in [0.1, 0.15) is 52.6 Å². The van der Waals surface area contributed by atoms with Crippen LogP contribution in [0, 0.1) is 25.5 Å². The Balaban J connectivity index is 0.000000253. The van der Waals surface area contributed by atoms with Gasteiger partial charge in [0, 0.05) is 32.6 Å². The van der Waals surface area contributed by atoms with Crippen LogP contribution in [0.3, 0.4) is 0 Å². The number of pyridine rings is 4. The normalized spacial score (nSPS) is 10.4. The van der Waals surface area contributed by atoms with Gasteiger partial charge >= 0.3 is 13.2 Å². The van der Waals surface area contributed by atoms with Crippen LogP contribution in [0.4, 0.5) is 66.5 Å². The monoisotopic (exact) mass is 956 g/mol. The number of nitrogen functional groups attached to an aromatic ring is 1. The number of carbonyl (C=O) groups excluding carboxylic acids is 4. The maximum Gasteiger partial charge on any atom is 0.387 e. The van der Waals surface area contributed by atoms with Crippen molar-refractivity contribution in [1.82, 2.24) is 30.6 Å². The van der Waals surface area contributed by atoms with Gasteiger partial charge in [0.2, 0.25) is 0 Å². The van der Waals surface area contributed by atoms with E-state index in [2.05, 4.69) is 56.0 Å². The number of hydrogen-bond donors (Lipinski definition) is 8. The van der Waals surface area contributed by atoms with E-state index in [4.69, 9.17) is 28.8 Å². The second-order valence-corrected chi connectivity index (χ2v) is 13.6. The highest BCUT2D eigenvalue weighted by molar-refractivity contribution is 6.29. The SMILES string of the molecule is CNC(=O)c1cnc(Cl)cc1Nc1cccc(C(N)=O)c1OC(F)F.CNC(=O)c1cnc(Nc2cc(C)c(F)cn2)cc1Nc1cccc(C(N)=O)c1OC(F)F.Cc1cc(N)ncc1F. The van der Waals surface area contributed by atoms with E-state index in [9.17, 15) is 45.5 Å². The Bertz CT molecular complexity index is 2770. The Hall–Kier alpha value is -8.41. The number of nitrogens with two attached hydrogens (primary N) is 3. The smallest absolute Gasteiger partial charge is 0.387 e. The molecule has 0 unspecified atom stereocenters. The zero-order chi connectivity index (χ0) is 49.5. The van der Waals surface area contributed by atoms with Gasteiger partial charge in [-0.2, -0.15) is 17.6 Å². The van der Waals surface area contributed by atoms with Crippen LogP contribution in [0.2, 0.25) is 5.15 Å². The molecule has 352 valence electrons. The summed E-state index contributed by atoms with van der Waals surface area (Å²) in [5, 5.41) is 13.4. The lowest BCUT2D eigenvalue weighted by Gasteiger charge is -2.17. The van der Waals surface area contributed by atoms with E-state index in [-0.39, 0.29) is 67.6 Å². The van der Waals surface area contributed by atoms with Gasteiger partial charge in [-0.05, 0) is 67.4 Å². The van der Waals surface area contributed by atoms with Crippen molar-refractivity contribution in [2.75, 3.05) is 35.8 Å². The Morgan fingerprint density at radius 1 is 0.582 bits per heavy atom. The van der Waals surface area contributed by atoms with Gasteiger partial charge in [0.25, 0.3) is 23.6 Å². The van der Waals surface area contributed by atoms with Crippen LogP contribution in [0.5, 0.6) is 11.5 Å². The lowest BCUT2D eigenvalue weighted by molar-refractivity contribution is -0.0503. The fourth-order valence-corrected chi connectivity index (χ4v) is 5.63. The Kier molecular flexibility index (Phi) is 18.0. The van der Waals surface area contributed by atoms with Crippen LogP contribution in [-0.2, 0) is 0 Å². The summed E-state index contributed by atoms with van der Waals surface area (Å²) < 4.78 is 86.2. The molecule has 2 aromatic carbocycles. The number of alkyl halides is 4. The predicted octanol–water partition coefficient (Wildman–Crippen LogP) is 7.12. The van der Waals surface area contributed by atoms with Gasteiger partial charge in [-0.15, -0.1) is 0 Å². The van der Waals surface area contributed by atoms with Crippen LogP contribution in [0.25, 0.3) is 0 Å². The number of nitrogens with one attached hydrogen (secondary N) is 5. The average molecular weight is 957 g/mol. The molecule has 0 fully saturated rings. The number of nitrogens with zero attached hydrogens (tertiary/aromatic N) is 4. The molecule has 0 atom stereocenters. The van der Waals surface area contributed by atoms with E-state index in [1.54, 1.807) is 13.8 Å². The molecule has 67 heavy (non-hydrogen) atoms. The Morgan fingerprint density at radius 2 is 1.01 bits per heavy atom. The number of rotatable bonds is 14. The molecule has 0 saturated heterocycles. The molecule has 4 aromatic heterocycles. The molecular weight excluding hydrogens is 918 g/mol. The number of para-hydroxylation sites is 2. The first-order chi connectivity index (χ1) is 31.7. The average Bonchev–Trinajstić information content (AvgIpc) is 3.27. The largest absolute Gasteiger partial charge is 0.432 e. The molecule has 0 radical (unpaired) electrons. The summed E-state index contributed by atoms with van der Waals surface area (Å²) in [5.74, 6) is -3.78. The third-order valence-electron chi connectivity index (χ3n) is 8.60. The lowest BCUT2D eigenvalue weighted by atomic mass is 10.1. The van der Waals surface area contributed by atoms with Crippen LogP contribution < -0.4 is 53.3 Å². The summed E-state index contributed by atoms with van der Waals surface area (Å²) in [6, 6.07) is 13.7. The Morgan fingerprint density at radius 3 is 1.45 bits per heavy atom. The van der Waals surface area contributed by atoms with E-state index < -0.39 is 54.2 Å². The summed E-state index contributed by atoms with van der Waals surface area (Å²) in [4.78, 5) is 62.8. The number of hydrogen-bond acceptors (Lipinski definition) is 14. The zero-order valence-corrected chi connectivity index (χ0v) is 36.1. The van der Waals surface area contributed by atoms with E-state index in [0.29, 0.717) is 16.9 Å². The van der Waals surface area contributed by atoms with E-state index in [1.807, 2.05) is 0 Å². The fraction of sp³-hybridized carbons (Fsp3) is 0.143. The van der Waals surface area contributed by atoms with Gasteiger partial charge in [-0.25, -0.2) is 28.7 Å². The fourth-order valence-electron chi connectivity index (χ4n) is 5.47. The van der Waals surface area contributed by atoms with Crippen LogP contribution >= 0.6 is 11.6 Å². The van der Waals surface area contributed by atoms with Gasteiger partial charge in [0.1, 0.15) is 34.2 Å². The molecular formula is C42H39ClF6N12O6. The first kappa shape index (κ1) is 51.2. The lowest BCUT2D eigenvalue weighted by Crippen LogP contribution is -2.20. The summed E-state index contributed by atoms with van der Waals surface area (Å²) in [7, 11) is 2.82. The second-order valence-electron chi connectivity index (χ2n) is 13.2. The van der Waals surface area contributed by atoms with E-state index >= 15 is 0 Å². The molecule has 0 spiro atoms. The van der Waals surface area contributed by atoms with Crippen molar-refractivity contribution in [2.24, 2.45) is 11.5 Å². The van der Waals surface area contributed by atoms with Crippen molar-refractivity contribution in [1.29, 1.82) is 0 Å². The molecule has 0 aliphatic carbocycles. The maximum absolute atomic E-state index is 13.5. The second kappa shape index (κ2) is 23.5. The maximum atomic E-state index is 13.5. The van der Waals surface area contributed by atoms with Gasteiger partial charge in [-0.3, -0.25) is 19.2 Å². The third-order valence-corrected chi connectivity index (χ3v) is 8.81. The number of ether oxygens (including phenoxy) is 2. The summed E-state index contributed by atoms with van der Waals surface area (Å²) >= 11 is 5.83. The molecule has 18 nitrogen and oxygen atoms in total. The standard InChI is InChI=1S/C21H19F3N6O3.C15H13ClF2N4O3.C6H7FN2/c1-10-6-16(28-9-13(10)22)30-17-7-15(12(8-27-17)20(32)26-2)29-14-5-3-4-11(19(25)31)18(14)33-21(23)24;1-20-14(24)8-6-21-11(16)5-10(8)22-9-4-2-3-7(13(19)23)12(9)25-15(17)18;1-4-2-6(8)9-3-5(4)7/h3-9,21H,1-2H3,(H2,25,31)(H,26,32)(H2,27,28,29,30);2-6,15H,1H3,(H2,19,23)(H,20,24)(H,21,22);2-3H,1H3,(H2,8,9). The van der Waals surface area contributed by atoms with E-state index in [1.165, 1.54) is 87.2 Å². The minimum atomic E-state index is -3.23. The molecule has 0 aliphatic rings. The highest BCUT2D eigenvalue weighted by Gasteiger charge is 2.22. The molecule has 25 heteroatoms. The molecule has 0 bridgehead atoms. The number of benzene rings is 2. The molecule has 0 saturated carbocycles. The predicted molar refractivity (Wildman–Crippen MR) is 236 cm³/mol. The highest BCUT2D eigenvalue weighted by atomic mass is 35.5. The molecule has 11 N–H and O–H groups in total. The van der Waals surface area contributed by atoms with Crippen LogP contribution in [0.15, 0.2) is 85.5 Å². The number of anilines is 7. The number of aryl methyl sites for hydroxylation is 2. The Labute approximate surface area is 381 Å². The van der Waals surface area contributed by atoms with Gasteiger partial charge in [0.15, 0.2) is 11.5 Å². The summed E-state index contributed by atoms with van der Waals surface area (Å²) in [6.07, 6.45) is 4.62. The molecule has 6 rings (SSSR count). The molecule has 0 aliphatic heterocycles. The number of halogens is 7. The number of aromatic nitrogens is 4. The first-order valence-corrected chi connectivity index (χ1v) is 19.3. The van der Waals surface area contributed by atoms with Crippen molar-refractivity contribution >= 4 is 75.4 Å². The van der Waals surface area contributed by atoms with Crippen molar-refractivity contribution in [3.8, 4) is 11.5 Å². The van der Waals surface area contributed by atoms with Gasteiger partial charge in [-0.1, -0.05) is 23.7 Å². The van der Waals surface area contributed by atoms with Gasteiger partial charge in [0.05, 0.1) is 57.4 Å². The van der Waals surface area contributed by atoms with Crippen molar-refractivity contribution in [2.45, 2.75) is 27.1 Å². The first-order valence-electron chi connectivity index (χ1n) is 18.9. The molecule has 4 amide bonds.